The van der Waals surface area contributed by atoms with Gasteiger partial charge < -0.3 is 4.74 Å². The van der Waals surface area contributed by atoms with Crippen molar-refractivity contribution in [1.82, 2.24) is 0 Å². The average Bonchev–Trinajstić information content (AvgIpc) is 2.73. The Morgan fingerprint density at radius 2 is 2.17 bits per heavy atom. The van der Waals surface area contributed by atoms with E-state index < -0.39 is 0 Å². The SMILES string of the molecule is CC(C)(C)C#CCC(=O)c1ccc2c(c1)CCO2. The minimum Gasteiger partial charge on any atom is -0.493 e. The van der Waals surface area contributed by atoms with Gasteiger partial charge in [0.2, 0.25) is 0 Å². The molecule has 0 aliphatic carbocycles. The summed E-state index contributed by atoms with van der Waals surface area (Å²) in [5, 5.41) is 0. The summed E-state index contributed by atoms with van der Waals surface area (Å²) >= 11 is 0. The highest BCUT2D eigenvalue weighted by atomic mass is 16.5. The Kier molecular flexibility index (Phi) is 3.43. The second-order valence-corrected chi connectivity index (χ2v) is 5.57. The summed E-state index contributed by atoms with van der Waals surface area (Å²) in [6, 6.07) is 5.64. The third kappa shape index (κ3) is 3.13. The van der Waals surface area contributed by atoms with Crippen LogP contribution in [-0.4, -0.2) is 12.4 Å². The number of ether oxygens (including phenoxy) is 1. The van der Waals surface area contributed by atoms with E-state index in [9.17, 15) is 4.79 Å². The molecule has 1 aliphatic heterocycles. The third-order valence-electron chi connectivity index (χ3n) is 2.72. The Bertz CT molecular complexity index is 524. The Morgan fingerprint density at radius 1 is 1.39 bits per heavy atom. The highest BCUT2D eigenvalue weighted by Crippen LogP contribution is 2.26. The zero-order valence-corrected chi connectivity index (χ0v) is 11.2. The van der Waals surface area contributed by atoms with E-state index in [0.717, 1.165) is 29.9 Å². The number of rotatable bonds is 2. The Hall–Kier alpha value is -1.75. The van der Waals surface area contributed by atoms with Gasteiger partial charge in [0.1, 0.15) is 5.75 Å². The first-order valence-corrected chi connectivity index (χ1v) is 6.25. The molecule has 1 aliphatic rings. The highest BCUT2D eigenvalue weighted by molar-refractivity contribution is 5.97. The molecule has 2 heteroatoms. The Labute approximate surface area is 108 Å². The zero-order valence-electron chi connectivity index (χ0n) is 11.2. The fraction of sp³-hybridized carbons (Fsp3) is 0.438. The molecule has 0 spiro atoms. The van der Waals surface area contributed by atoms with Gasteiger partial charge in [0.05, 0.1) is 13.0 Å². The monoisotopic (exact) mass is 242 g/mol. The standard InChI is InChI=1S/C16H18O2/c1-16(2,3)9-4-5-14(17)12-6-7-15-13(11-12)8-10-18-15/h6-7,11H,5,8,10H2,1-3H3. The number of hydrogen-bond acceptors (Lipinski definition) is 2. The van der Waals surface area contributed by atoms with Crippen LogP contribution in [0.15, 0.2) is 18.2 Å². The molecule has 0 atom stereocenters. The van der Waals surface area contributed by atoms with Crippen molar-refractivity contribution in [2.45, 2.75) is 33.6 Å². The molecule has 0 unspecified atom stereocenters. The topological polar surface area (TPSA) is 26.3 Å². The van der Waals surface area contributed by atoms with Gasteiger partial charge in [0, 0.05) is 17.4 Å². The lowest BCUT2D eigenvalue weighted by molar-refractivity contribution is 0.0998. The quantitative estimate of drug-likeness (QED) is 0.588. The lowest BCUT2D eigenvalue weighted by atomic mass is 9.97. The van der Waals surface area contributed by atoms with Crippen LogP contribution in [0.2, 0.25) is 0 Å². The predicted octanol–water partition coefficient (Wildman–Crippen LogP) is 3.24. The minimum atomic E-state index is -0.0495. The van der Waals surface area contributed by atoms with E-state index in [1.54, 1.807) is 0 Å². The van der Waals surface area contributed by atoms with Crippen LogP contribution in [0.3, 0.4) is 0 Å². The van der Waals surface area contributed by atoms with E-state index in [4.69, 9.17) is 4.74 Å². The van der Waals surface area contributed by atoms with Crippen LogP contribution in [0.25, 0.3) is 0 Å². The summed E-state index contributed by atoms with van der Waals surface area (Å²) in [4.78, 5) is 12.0. The maximum absolute atomic E-state index is 12.0. The van der Waals surface area contributed by atoms with Gasteiger partial charge in [-0.25, -0.2) is 0 Å². The molecule has 0 N–H and O–H groups in total. The number of carbonyl (C=O) groups excluding carboxylic acids is 1. The molecule has 0 radical (unpaired) electrons. The average molecular weight is 242 g/mol. The van der Waals surface area contributed by atoms with E-state index in [1.807, 2.05) is 39.0 Å². The van der Waals surface area contributed by atoms with Gasteiger partial charge in [0.25, 0.3) is 0 Å². The Morgan fingerprint density at radius 3 is 2.89 bits per heavy atom. The minimum absolute atomic E-state index is 0.0495. The number of hydrogen-bond donors (Lipinski definition) is 0. The lowest BCUT2D eigenvalue weighted by Gasteiger charge is -2.06. The van der Waals surface area contributed by atoms with Crippen LogP contribution in [0, 0.1) is 17.3 Å². The third-order valence-corrected chi connectivity index (χ3v) is 2.72. The van der Waals surface area contributed by atoms with Gasteiger partial charge in [-0.15, -0.1) is 0 Å². The van der Waals surface area contributed by atoms with Crippen molar-refractivity contribution in [1.29, 1.82) is 0 Å². The number of fused-ring (bicyclic) bond motifs is 1. The zero-order chi connectivity index (χ0) is 13.2. The van der Waals surface area contributed by atoms with E-state index in [-0.39, 0.29) is 17.6 Å². The fourth-order valence-electron chi connectivity index (χ4n) is 1.85. The van der Waals surface area contributed by atoms with E-state index in [0.29, 0.717) is 0 Å². The first-order valence-electron chi connectivity index (χ1n) is 6.25. The van der Waals surface area contributed by atoms with Crippen molar-refractivity contribution in [2.75, 3.05) is 6.61 Å². The molecule has 1 aromatic rings. The summed E-state index contributed by atoms with van der Waals surface area (Å²) in [5.74, 6) is 7.03. The van der Waals surface area contributed by atoms with Gasteiger partial charge in [0.15, 0.2) is 5.78 Å². The number of benzene rings is 1. The van der Waals surface area contributed by atoms with Crippen LogP contribution in [0.1, 0.15) is 43.1 Å². The summed E-state index contributed by atoms with van der Waals surface area (Å²) in [6.45, 7) is 6.84. The van der Waals surface area contributed by atoms with Crippen LogP contribution < -0.4 is 4.74 Å². The molecule has 0 aromatic heterocycles. The van der Waals surface area contributed by atoms with Gasteiger partial charge in [-0.05, 0) is 44.5 Å². The van der Waals surface area contributed by atoms with Crippen molar-refractivity contribution in [3.8, 4) is 17.6 Å². The van der Waals surface area contributed by atoms with E-state index in [1.165, 1.54) is 0 Å². The lowest BCUT2D eigenvalue weighted by Crippen LogP contribution is -2.01. The molecule has 1 aromatic carbocycles. The number of carbonyl (C=O) groups is 1. The molecule has 0 bridgehead atoms. The Balaban J connectivity index is 2.07. The normalized spacial score (nSPS) is 13.3. The summed E-state index contributed by atoms with van der Waals surface area (Å²) < 4.78 is 5.42. The maximum Gasteiger partial charge on any atom is 0.174 e. The van der Waals surface area contributed by atoms with Crippen LogP contribution >= 0.6 is 0 Å². The molecule has 18 heavy (non-hydrogen) atoms. The largest absolute Gasteiger partial charge is 0.493 e. The van der Waals surface area contributed by atoms with Crippen molar-refractivity contribution < 1.29 is 9.53 Å². The molecule has 0 amide bonds. The van der Waals surface area contributed by atoms with Crippen molar-refractivity contribution in [3.63, 3.8) is 0 Å². The molecule has 2 rings (SSSR count). The first kappa shape index (κ1) is 12.7. The van der Waals surface area contributed by atoms with Crippen LogP contribution in [0.5, 0.6) is 5.75 Å². The predicted molar refractivity (Wildman–Crippen MR) is 71.8 cm³/mol. The maximum atomic E-state index is 12.0. The highest BCUT2D eigenvalue weighted by Gasteiger charge is 2.14. The van der Waals surface area contributed by atoms with Gasteiger partial charge in [-0.2, -0.15) is 0 Å². The van der Waals surface area contributed by atoms with Gasteiger partial charge in [-0.1, -0.05) is 11.8 Å². The van der Waals surface area contributed by atoms with Crippen molar-refractivity contribution >= 4 is 5.78 Å². The van der Waals surface area contributed by atoms with Gasteiger partial charge >= 0.3 is 0 Å². The van der Waals surface area contributed by atoms with Gasteiger partial charge in [-0.3, -0.25) is 4.79 Å². The molecule has 94 valence electrons. The molecule has 0 saturated carbocycles. The van der Waals surface area contributed by atoms with Crippen LogP contribution in [0.4, 0.5) is 0 Å². The van der Waals surface area contributed by atoms with Crippen molar-refractivity contribution in [3.05, 3.63) is 29.3 Å². The second-order valence-electron chi connectivity index (χ2n) is 5.57. The number of ketones is 1. The van der Waals surface area contributed by atoms with E-state index >= 15 is 0 Å². The molecule has 1 heterocycles. The van der Waals surface area contributed by atoms with E-state index in [2.05, 4.69) is 11.8 Å². The summed E-state index contributed by atoms with van der Waals surface area (Å²) in [7, 11) is 0. The summed E-state index contributed by atoms with van der Waals surface area (Å²) in [6.07, 6.45) is 1.18. The molecule has 0 saturated heterocycles. The molecule has 2 nitrogen and oxygen atoms in total. The second kappa shape index (κ2) is 4.86. The molecular formula is C16H18O2. The first-order chi connectivity index (χ1) is 8.46. The summed E-state index contributed by atoms with van der Waals surface area (Å²) in [5.41, 5.74) is 1.82. The number of Topliss-reactive ketones (excluding diaryl/α,β-unsaturated/α-hetero) is 1. The van der Waals surface area contributed by atoms with Crippen molar-refractivity contribution in [2.24, 2.45) is 5.41 Å². The molecule has 0 fully saturated rings. The molecular weight excluding hydrogens is 224 g/mol. The smallest absolute Gasteiger partial charge is 0.174 e. The van der Waals surface area contributed by atoms with Crippen LogP contribution in [-0.2, 0) is 6.42 Å². The fourth-order valence-corrected chi connectivity index (χ4v) is 1.85.